The molecule has 100 valence electrons. The Bertz CT molecular complexity index is 430. The van der Waals surface area contributed by atoms with E-state index in [2.05, 4.69) is 38.2 Å². The van der Waals surface area contributed by atoms with Gasteiger partial charge in [0.1, 0.15) is 0 Å². The van der Waals surface area contributed by atoms with E-state index in [1.807, 2.05) is 0 Å². The van der Waals surface area contributed by atoms with Crippen molar-refractivity contribution >= 4 is 5.97 Å². The molecule has 1 rings (SSSR count). The van der Waals surface area contributed by atoms with Crippen molar-refractivity contribution in [2.75, 3.05) is 6.54 Å². The molecule has 0 aromatic heterocycles. The minimum atomic E-state index is -0.855. The van der Waals surface area contributed by atoms with E-state index in [1.165, 1.54) is 22.3 Å². The van der Waals surface area contributed by atoms with Crippen LogP contribution in [0.4, 0.5) is 0 Å². The van der Waals surface area contributed by atoms with E-state index in [9.17, 15) is 4.79 Å². The van der Waals surface area contributed by atoms with E-state index < -0.39 is 5.97 Å². The van der Waals surface area contributed by atoms with Crippen LogP contribution in [0.5, 0.6) is 0 Å². The summed E-state index contributed by atoms with van der Waals surface area (Å²) >= 11 is 0. The second-order valence-corrected chi connectivity index (χ2v) is 4.85. The number of hydrogen-bond acceptors (Lipinski definition) is 3. The molecule has 0 radical (unpaired) electrons. The highest BCUT2D eigenvalue weighted by Gasteiger charge is 2.08. The molecule has 0 bridgehead atoms. The quantitative estimate of drug-likeness (QED) is 0.715. The average Bonchev–Trinajstić information content (AvgIpc) is 2.24. The van der Waals surface area contributed by atoms with Gasteiger partial charge in [0.05, 0.1) is 6.42 Å². The Morgan fingerprint density at radius 3 is 2.50 bits per heavy atom. The first-order chi connectivity index (χ1) is 8.40. The van der Waals surface area contributed by atoms with Crippen molar-refractivity contribution in [2.45, 2.75) is 39.8 Å². The number of nitrogens with one attached hydrogen (secondary N) is 1. The van der Waals surface area contributed by atoms with Crippen LogP contribution in [0.25, 0.3) is 0 Å². The largest absolute Gasteiger partial charge is 0.481 e. The monoisotopic (exact) mass is 250 g/mol. The van der Waals surface area contributed by atoms with Gasteiger partial charge in [-0.25, -0.2) is 0 Å². The molecule has 0 aliphatic heterocycles. The van der Waals surface area contributed by atoms with Crippen molar-refractivity contribution < 1.29 is 9.90 Å². The summed E-state index contributed by atoms with van der Waals surface area (Å²) < 4.78 is 0. The van der Waals surface area contributed by atoms with E-state index in [-0.39, 0.29) is 12.5 Å². The molecule has 1 aromatic rings. The molecular weight excluding hydrogens is 228 g/mol. The third-order valence-corrected chi connectivity index (χ3v) is 3.11. The van der Waals surface area contributed by atoms with Gasteiger partial charge in [0.25, 0.3) is 0 Å². The number of hydrogen-bond donors (Lipinski definition) is 3. The van der Waals surface area contributed by atoms with E-state index in [0.717, 1.165) is 6.54 Å². The van der Waals surface area contributed by atoms with Crippen molar-refractivity contribution in [3.8, 4) is 0 Å². The number of carboxylic acid groups (broad SMARTS) is 1. The number of carbonyl (C=O) groups is 1. The molecule has 1 unspecified atom stereocenters. The second kappa shape index (κ2) is 6.52. The summed E-state index contributed by atoms with van der Waals surface area (Å²) in [6.45, 7) is 7.51. The Morgan fingerprint density at radius 2 is 1.89 bits per heavy atom. The Balaban J connectivity index is 2.49. The SMILES string of the molecule is Cc1cc(C)c(CNCC(N)CC(=O)O)cc1C. The van der Waals surface area contributed by atoms with Gasteiger partial charge in [-0.1, -0.05) is 12.1 Å². The molecule has 0 saturated heterocycles. The molecule has 4 heteroatoms. The lowest BCUT2D eigenvalue weighted by Crippen LogP contribution is -2.35. The summed E-state index contributed by atoms with van der Waals surface area (Å²) in [6, 6.07) is 4.00. The van der Waals surface area contributed by atoms with Crippen molar-refractivity contribution in [1.29, 1.82) is 0 Å². The molecule has 0 aliphatic carbocycles. The van der Waals surface area contributed by atoms with Gasteiger partial charge < -0.3 is 16.2 Å². The zero-order valence-electron chi connectivity index (χ0n) is 11.3. The zero-order chi connectivity index (χ0) is 13.7. The van der Waals surface area contributed by atoms with Gasteiger partial charge in [-0.05, 0) is 43.0 Å². The molecule has 1 aromatic carbocycles. The molecule has 0 aliphatic rings. The van der Waals surface area contributed by atoms with E-state index >= 15 is 0 Å². The van der Waals surface area contributed by atoms with Gasteiger partial charge in [0, 0.05) is 19.1 Å². The van der Waals surface area contributed by atoms with Gasteiger partial charge in [-0.2, -0.15) is 0 Å². The summed E-state index contributed by atoms with van der Waals surface area (Å²) in [4.78, 5) is 10.5. The number of aliphatic carboxylic acids is 1. The smallest absolute Gasteiger partial charge is 0.304 e. The average molecular weight is 250 g/mol. The standard InChI is InChI=1S/C14H22N2O2/c1-9-4-11(3)12(5-10(9)2)7-16-8-13(15)6-14(17)18/h4-5,13,16H,6-8,15H2,1-3H3,(H,17,18). The first-order valence-electron chi connectivity index (χ1n) is 6.15. The van der Waals surface area contributed by atoms with Gasteiger partial charge in [0.15, 0.2) is 0 Å². The molecule has 0 saturated carbocycles. The number of benzene rings is 1. The van der Waals surface area contributed by atoms with Gasteiger partial charge in [-0.15, -0.1) is 0 Å². The molecule has 4 N–H and O–H groups in total. The van der Waals surface area contributed by atoms with Crippen LogP contribution < -0.4 is 11.1 Å². The topological polar surface area (TPSA) is 75.3 Å². The molecule has 18 heavy (non-hydrogen) atoms. The highest BCUT2D eigenvalue weighted by molar-refractivity contribution is 5.67. The van der Waals surface area contributed by atoms with Crippen molar-refractivity contribution in [3.63, 3.8) is 0 Å². The summed E-state index contributed by atoms with van der Waals surface area (Å²) in [7, 11) is 0. The van der Waals surface area contributed by atoms with Crippen LogP contribution in [-0.2, 0) is 11.3 Å². The van der Waals surface area contributed by atoms with Crippen LogP contribution in [0.2, 0.25) is 0 Å². The van der Waals surface area contributed by atoms with Crippen LogP contribution in [0.3, 0.4) is 0 Å². The van der Waals surface area contributed by atoms with E-state index in [0.29, 0.717) is 6.54 Å². The van der Waals surface area contributed by atoms with Crippen LogP contribution in [0.15, 0.2) is 12.1 Å². The molecular formula is C14H22N2O2. The Labute approximate surface area is 108 Å². The van der Waals surface area contributed by atoms with E-state index in [4.69, 9.17) is 10.8 Å². The summed E-state index contributed by atoms with van der Waals surface area (Å²) in [5.41, 5.74) is 10.7. The normalized spacial score (nSPS) is 12.4. The summed E-state index contributed by atoms with van der Waals surface area (Å²) in [5, 5.41) is 11.8. The molecule has 1 atom stereocenters. The fourth-order valence-electron chi connectivity index (χ4n) is 1.90. The third-order valence-electron chi connectivity index (χ3n) is 3.11. The summed E-state index contributed by atoms with van der Waals surface area (Å²) in [5.74, 6) is -0.855. The zero-order valence-corrected chi connectivity index (χ0v) is 11.3. The molecule has 0 amide bonds. The fourth-order valence-corrected chi connectivity index (χ4v) is 1.90. The predicted molar refractivity (Wildman–Crippen MR) is 72.6 cm³/mol. The first-order valence-corrected chi connectivity index (χ1v) is 6.15. The maximum Gasteiger partial charge on any atom is 0.304 e. The van der Waals surface area contributed by atoms with Gasteiger partial charge in [0.2, 0.25) is 0 Å². The molecule has 0 spiro atoms. The van der Waals surface area contributed by atoms with Gasteiger partial charge >= 0.3 is 5.97 Å². The third kappa shape index (κ3) is 4.47. The maximum absolute atomic E-state index is 10.5. The minimum absolute atomic E-state index is 0.00108. The fraction of sp³-hybridized carbons (Fsp3) is 0.500. The van der Waals surface area contributed by atoms with E-state index in [1.54, 1.807) is 0 Å². The highest BCUT2D eigenvalue weighted by atomic mass is 16.4. The maximum atomic E-state index is 10.5. The lowest BCUT2D eigenvalue weighted by Gasteiger charge is -2.13. The lowest BCUT2D eigenvalue weighted by atomic mass is 10.0. The molecule has 4 nitrogen and oxygen atoms in total. The highest BCUT2D eigenvalue weighted by Crippen LogP contribution is 2.14. The second-order valence-electron chi connectivity index (χ2n) is 4.85. The van der Waals surface area contributed by atoms with Crippen LogP contribution in [-0.4, -0.2) is 23.7 Å². The summed E-state index contributed by atoms with van der Waals surface area (Å²) in [6.07, 6.45) is -0.00108. The number of nitrogens with two attached hydrogens (primary N) is 1. The molecule has 0 heterocycles. The Kier molecular flexibility index (Phi) is 5.31. The number of carboxylic acids is 1. The first kappa shape index (κ1) is 14.7. The van der Waals surface area contributed by atoms with Gasteiger partial charge in [-0.3, -0.25) is 4.79 Å². The Morgan fingerprint density at radius 1 is 1.28 bits per heavy atom. The van der Waals surface area contributed by atoms with Crippen molar-refractivity contribution in [1.82, 2.24) is 5.32 Å². The van der Waals surface area contributed by atoms with Crippen LogP contribution >= 0.6 is 0 Å². The Hall–Kier alpha value is -1.39. The minimum Gasteiger partial charge on any atom is -0.481 e. The van der Waals surface area contributed by atoms with Crippen LogP contribution in [0, 0.1) is 20.8 Å². The lowest BCUT2D eigenvalue weighted by molar-refractivity contribution is -0.137. The molecule has 0 fully saturated rings. The van der Waals surface area contributed by atoms with Crippen molar-refractivity contribution in [3.05, 3.63) is 34.4 Å². The van der Waals surface area contributed by atoms with Crippen LogP contribution in [0.1, 0.15) is 28.7 Å². The number of aryl methyl sites for hydroxylation is 3. The van der Waals surface area contributed by atoms with Crippen molar-refractivity contribution in [2.24, 2.45) is 5.73 Å². The number of rotatable bonds is 6. The predicted octanol–water partition coefficient (Wildman–Crippen LogP) is 1.50.